The highest BCUT2D eigenvalue weighted by molar-refractivity contribution is 5.71. The number of hydrogen-bond acceptors (Lipinski definition) is 4. The molecule has 0 aliphatic carbocycles. The quantitative estimate of drug-likeness (QED) is 0.855. The van der Waals surface area contributed by atoms with E-state index in [1.165, 1.54) is 19.4 Å². The molecule has 0 atom stereocenters. The first kappa shape index (κ1) is 11.2. The molecule has 0 saturated carbocycles. The first-order chi connectivity index (χ1) is 8.20. The summed E-state index contributed by atoms with van der Waals surface area (Å²) in [7, 11) is 1.42. The van der Waals surface area contributed by atoms with E-state index >= 15 is 0 Å². The molecule has 0 unspecified atom stereocenters. The number of benzene rings is 1. The number of nitrogens with zero attached hydrogens (tertiary/aromatic N) is 1. The second-order valence-electron chi connectivity index (χ2n) is 3.44. The fraction of sp³-hybridized carbons (Fsp3) is 0.0833. The number of anilines is 3. The monoisotopic (exact) mass is 233 g/mol. The molecule has 0 bridgehead atoms. The Labute approximate surface area is 98.2 Å². The minimum absolute atomic E-state index is 0.207. The van der Waals surface area contributed by atoms with Gasteiger partial charge in [-0.3, -0.25) is 4.98 Å². The van der Waals surface area contributed by atoms with Gasteiger partial charge in [-0.2, -0.15) is 0 Å². The van der Waals surface area contributed by atoms with Crippen LogP contribution in [0.5, 0.6) is 5.75 Å². The van der Waals surface area contributed by atoms with Crippen LogP contribution >= 0.6 is 0 Å². The van der Waals surface area contributed by atoms with Gasteiger partial charge in [-0.15, -0.1) is 0 Å². The van der Waals surface area contributed by atoms with Crippen molar-refractivity contribution in [1.82, 2.24) is 4.98 Å². The van der Waals surface area contributed by atoms with Crippen molar-refractivity contribution in [2.24, 2.45) is 0 Å². The van der Waals surface area contributed by atoms with Gasteiger partial charge in [0.2, 0.25) is 0 Å². The number of nitrogens with one attached hydrogen (secondary N) is 1. The fourth-order valence-corrected chi connectivity index (χ4v) is 1.42. The lowest BCUT2D eigenvalue weighted by atomic mass is 10.2. The lowest BCUT2D eigenvalue weighted by Crippen LogP contribution is -1.97. The summed E-state index contributed by atoms with van der Waals surface area (Å²) in [6, 6.07) is 6.33. The van der Waals surface area contributed by atoms with Gasteiger partial charge in [-0.05, 0) is 18.2 Å². The zero-order valence-corrected chi connectivity index (χ0v) is 9.27. The predicted octanol–water partition coefficient (Wildman–Crippen LogP) is 2.56. The molecule has 2 aromatic rings. The van der Waals surface area contributed by atoms with Crippen molar-refractivity contribution in [3.63, 3.8) is 0 Å². The van der Waals surface area contributed by atoms with Crippen molar-refractivity contribution in [1.29, 1.82) is 0 Å². The molecule has 17 heavy (non-hydrogen) atoms. The molecule has 0 saturated heterocycles. The summed E-state index contributed by atoms with van der Waals surface area (Å²) in [4.78, 5) is 3.87. The Morgan fingerprint density at radius 3 is 2.82 bits per heavy atom. The Hall–Kier alpha value is -2.30. The molecule has 88 valence electrons. The van der Waals surface area contributed by atoms with Crippen LogP contribution in [0.1, 0.15) is 0 Å². The lowest BCUT2D eigenvalue weighted by molar-refractivity contribution is 0.386. The van der Waals surface area contributed by atoms with Crippen molar-refractivity contribution >= 4 is 17.1 Å². The second-order valence-corrected chi connectivity index (χ2v) is 3.44. The van der Waals surface area contributed by atoms with Crippen LogP contribution in [-0.4, -0.2) is 12.1 Å². The summed E-state index contributed by atoms with van der Waals surface area (Å²) in [6.07, 6.45) is 3.14. The Morgan fingerprint density at radius 1 is 1.35 bits per heavy atom. The van der Waals surface area contributed by atoms with Crippen LogP contribution in [0.4, 0.5) is 21.5 Å². The first-order valence-electron chi connectivity index (χ1n) is 5.01. The number of halogens is 1. The van der Waals surface area contributed by atoms with Crippen molar-refractivity contribution in [3.05, 3.63) is 42.5 Å². The van der Waals surface area contributed by atoms with E-state index in [1.807, 2.05) is 0 Å². The minimum Gasteiger partial charge on any atom is -0.494 e. The standard InChI is InChI=1S/C12H12FN3O/c1-17-12-3-2-8(6-9(12)13)16-11-4-5-15-7-10(11)14/h2-7H,14H2,1H3,(H,15,16). The van der Waals surface area contributed by atoms with Crippen LogP contribution in [0.2, 0.25) is 0 Å². The third-order valence-electron chi connectivity index (χ3n) is 2.28. The van der Waals surface area contributed by atoms with E-state index in [1.54, 1.807) is 24.4 Å². The summed E-state index contributed by atoms with van der Waals surface area (Å²) < 4.78 is 18.3. The maximum Gasteiger partial charge on any atom is 0.167 e. The van der Waals surface area contributed by atoms with Crippen LogP contribution in [-0.2, 0) is 0 Å². The maximum absolute atomic E-state index is 13.4. The van der Waals surface area contributed by atoms with E-state index in [4.69, 9.17) is 10.5 Å². The Bertz CT molecular complexity index is 531. The van der Waals surface area contributed by atoms with Crippen LogP contribution in [0.15, 0.2) is 36.7 Å². The summed E-state index contributed by atoms with van der Waals surface area (Å²) >= 11 is 0. The Morgan fingerprint density at radius 2 is 2.18 bits per heavy atom. The maximum atomic E-state index is 13.4. The van der Waals surface area contributed by atoms with Gasteiger partial charge >= 0.3 is 0 Å². The van der Waals surface area contributed by atoms with Crippen LogP contribution in [0.25, 0.3) is 0 Å². The van der Waals surface area contributed by atoms with Crippen LogP contribution in [0, 0.1) is 5.82 Å². The van der Waals surface area contributed by atoms with Gasteiger partial charge in [-0.25, -0.2) is 4.39 Å². The molecule has 4 nitrogen and oxygen atoms in total. The van der Waals surface area contributed by atoms with Crippen molar-refractivity contribution < 1.29 is 9.13 Å². The van der Waals surface area contributed by atoms with E-state index in [0.717, 1.165) is 0 Å². The summed E-state index contributed by atoms with van der Waals surface area (Å²) in [6.45, 7) is 0. The molecule has 0 aliphatic heterocycles. The third kappa shape index (κ3) is 2.44. The highest BCUT2D eigenvalue weighted by Gasteiger charge is 2.04. The molecule has 2 rings (SSSR count). The number of nitrogen functional groups attached to an aromatic ring is 1. The Balaban J connectivity index is 2.25. The predicted molar refractivity (Wildman–Crippen MR) is 64.9 cm³/mol. The molecule has 1 aromatic carbocycles. The molecule has 0 fully saturated rings. The van der Waals surface area contributed by atoms with E-state index in [0.29, 0.717) is 17.1 Å². The van der Waals surface area contributed by atoms with Gasteiger partial charge < -0.3 is 15.8 Å². The first-order valence-corrected chi connectivity index (χ1v) is 5.01. The smallest absolute Gasteiger partial charge is 0.167 e. The number of hydrogen-bond donors (Lipinski definition) is 2. The zero-order valence-electron chi connectivity index (χ0n) is 9.27. The number of pyridine rings is 1. The molecule has 5 heteroatoms. The number of ether oxygens (including phenoxy) is 1. The highest BCUT2D eigenvalue weighted by Crippen LogP contribution is 2.25. The largest absolute Gasteiger partial charge is 0.494 e. The molecule has 0 amide bonds. The van der Waals surface area contributed by atoms with E-state index in [-0.39, 0.29) is 5.75 Å². The topological polar surface area (TPSA) is 60.2 Å². The second kappa shape index (κ2) is 4.69. The van der Waals surface area contributed by atoms with E-state index < -0.39 is 5.82 Å². The number of rotatable bonds is 3. The fourth-order valence-electron chi connectivity index (χ4n) is 1.42. The molecule has 0 radical (unpaired) electrons. The molecule has 1 heterocycles. The normalized spacial score (nSPS) is 10.0. The number of aromatic nitrogens is 1. The minimum atomic E-state index is -0.426. The lowest BCUT2D eigenvalue weighted by Gasteiger charge is -2.09. The summed E-state index contributed by atoms with van der Waals surface area (Å²) in [5.41, 5.74) is 7.51. The van der Waals surface area contributed by atoms with Gasteiger partial charge in [0.05, 0.1) is 24.7 Å². The van der Waals surface area contributed by atoms with Crippen LogP contribution in [0.3, 0.4) is 0 Å². The number of nitrogens with two attached hydrogens (primary N) is 1. The molecule has 0 spiro atoms. The van der Waals surface area contributed by atoms with Gasteiger partial charge in [-0.1, -0.05) is 0 Å². The Kier molecular flexibility index (Phi) is 3.09. The van der Waals surface area contributed by atoms with Gasteiger partial charge in [0.15, 0.2) is 11.6 Å². The number of methoxy groups -OCH3 is 1. The van der Waals surface area contributed by atoms with Crippen molar-refractivity contribution in [2.45, 2.75) is 0 Å². The van der Waals surface area contributed by atoms with Gasteiger partial charge in [0.1, 0.15) is 0 Å². The van der Waals surface area contributed by atoms with E-state index in [9.17, 15) is 4.39 Å². The van der Waals surface area contributed by atoms with Crippen molar-refractivity contribution in [3.8, 4) is 5.75 Å². The molecule has 0 aliphatic rings. The molecule has 3 N–H and O–H groups in total. The SMILES string of the molecule is COc1ccc(Nc2ccncc2N)cc1F. The molecular formula is C12H12FN3O. The van der Waals surface area contributed by atoms with Crippen LogP contribution < -0.4 is 15.8 Å². The van der Waals surface area contributed by atoms with Crippen molar-refractivity contribution in [2.75, 3.05) is 18.2 Å². The summed E-state index contributed by atoms with van der Waals surface area (Å²) in [5.74, 6) is -0.219. The van der Waals surface area contributed by atoms with E-state index in [2.05, 4.69) is 10.3 Å². The zero-order chi connectivity index (χ0) is 12.3. The molecular weight excluding hydrogens is 221 g/mol. The third-order valence-corrected chi connectivity index (χ3v) is 2.28. The summed E-state index contributed by atoms with van der Waals surface area (Å²) in [5, 5.41) is 3.00. The molecule has 1 aromatic heterocycles. The average molecular weight is 233 g/mol. The van der Waals surface area contributed by atoms with Gasteiger partial charge in [0, 0.05) is 18.0 Å². The highest BCUT2D eigenvalue weighted by atomic mass is 19.1. The average Bonchev–Trinajstić information content (AvgIpc) is 2.32. The van der Waals surface area contributed by atoms with Gasteiger partial charge in [0.25, 0.3) is 0 Å².